The maximum absolute atomic E-state index is 12.3. The minimum atomic E-state index is -0.0468. The molecule has 0 heterocycles. The van der Waals surface area contributed by atoms with E-state index in [1.807, 2.05) is 45.1 Å². The molecule has 1 fully saturated rings. The number of aliphatic imine (C=N–C) groups is 1. The third-order valence-corrected chi connectivity index (χ3v) is 3.70. The zero-order valence-corrected chi connectivity index (χ0v) is 16.1. The molecule has 1 atom stereocenters. The quantitative estimate of drug-likeness (QED) is 0.434. The standard InChI is InChI=1S/C16H22BrN3O.C2H6/c1-20(2)15(8-9-17)16(21)19-14-5-3-4-12(10-14)11-18-13-6-7-13;1-2/h3-4,8,10-11,13-14H,5-7,9H2,1-2H3,(H,19,21);1-2H3/b15-8-,18-11?;. The molecule has 5 heteroatoms. The molecular formula is C18H28BrN3O. The van der Waals surface area contributed by atoms with E-state index in [4.69, 9.17) is 0 Å². The van der Waals surface area contributed by atoms with E-state index in [0.29, 0.717) is 17.1 Å². The Morgan fingerprint density at radius 2 is 2.13 bits per heavy atom. The van der Waals surface area contributed by atoms with Crippen LogP contribution < -0.4 is 5.32 Å². The Bertz CT molecular complexity index is 502. The number of hydrogen-bond donors (Lipinski definition) is 1. The summed E-state index contributed by atoms with van der Waals surface area (Å²) in [6, 6.07) is 0.554. The van der Waals surface area contributed by atoms with Crippen LogP contribution in [-0.2, 0) is 4.79 Å². The molecular weight excluding hydrogens is 354 g/mol. The van der Waals surface area contributed by atoms with Crippen molar-refractivity contribution in [2.75, 3.05) is 19.4 Å². The maximum Gasteiger partial charge on any atom is 0.267 e. The molecule has 0 bridgehead atoms. The Morgan fingerprint density at radius 1 is 1.43 bits per heavy atom. The van der Waals surface area contributed by atoms with Crippen LogP contribution in [-0.4, -0.2) is 48.5 Å². The zero-order chi connectivity index (χ0) is 17.2. The van der Waals surface area contributed by atoms with Crippen molar-refractivity contribution in [1.82, 2.24) is 10.2 Å². The Kier molecular flexibility index (Phi) is 8.92. The number of amides is 1. The van der Waals surface area contributed by atoms with E-state index >= 15 is 0 Å². The van der Waals surface area contributed by atoms with E-state index in [0.717, 1.165) is 12.0 Å². The molecule has 0 spiro atoms. The minimum absolute atomic E-state index is 0.0295. The average molecular weight is 382 g/mol. The molecule has 0 aliphatic heterocycles. The van der Waals surface area contributed by atoms with Crippen molar-refractivity contribution >= 4 is 28.1 Å². The lowest BCUT2D eigenvalue weighted by molar-refractivity contribution is -0.119. The Hall–Kier alpha value is -1.36. The number of allylic oxidation sites excluding steroid dienone is 3. The third-order valence-electron chi connectivity index (χ3n) is 3.38. The fraction of sp³-hybridized carbons (Fsp3) is 0.556. The van der Waals surface area contributed by atoms with Gasteiger partial charge in [0.15, 0.2) is 0 Å². The van der Waals surface area contributed by atoms with E-state index in [2.05, 4.69) is 44.5 Å². The molecule has 0 aromatic heterocycles. The van der Waals surface area contributed by atoms with Crippen molar-refractivity contribution in [3.8, 4) is 0 Å². The van der Waals surface area contributed by atoms with Crippen LogP contribution in [0.5, 0.6) is 0 Å². The zero-order valence-electron chi connectivity index (χ0n) is 14.6. The van der Waals surface area contributed by atoms with Crippen molar-refractivity contribution in [2.24, 2.45) is 4.99 Å². The van der Waals surface area contributed by atoms with Gasteiger partial charge in [0.05, 0.1) is 17.8 Å². The van der Waals surface area contributed by atoms with Crippen LogP contribution in [0, 0.1) is 0 Å². The number of alkyl halides is 1. The highest BCUT2D eigenvalue weighted by molar-refractivity contribution is 9.09. The summed E-state index contributed by atoms with van der Waals surface area (Å²) in [6.07, 6.45) is 13.3. The first-order valence-corrected chi connectivity index (χ1v) is 9.38. The van der Waals surface area contributed by atoms with Gasteiger partial charge in [-0.15, -0.1) is 0 Å². The molecule has 0 radical (unpaired) electrons. The maximum atomic E-state index is 12.3. The first-order valence-electron chi connectivity index (χ1n) is 8.26. The van der Waals surface area contributed by atoms with E-state index in [1.165, 1.54) is 12.8 Å². The van der Waals surface area contributed by atoms with Gasteiger partial charge in [-0.1, -0.05) is 48.0 Å². The number of halogens is 1. The van der Waals surface area contributed by atoms with E-state index in [9.17, 15) is 4.79 Å². The Labute approximate surface area is 148 Å². The van der Waals surface area contributed by atoms with E-state index in [-0.39, 0.29) is 11.9 Å². The van der Waals surface area contributed by atoms with Crippen molar-refractivity contribution in [3.63, 3.8) is 0 Å². The number of carbonyl (C=O) groups excluding carboxylic acids is 1. The van der Waals surface area contributed by atoms with Crippen molar-refractivity contribution in [3.05, 3.63) is 35.6 Å². The summed E-state index contributed by atoms with van der Waals surface area (Å²) in [4.78, 5) is 18.6. The van der Waals surface area contributed by atoms with Gasteiger partial charge in [-0.2, -0.15) is 0 Å². The largest absolute Gasteiger partial charge is 0.373 e. The highest BCUT2D eigenvalue weighted by atomic mass is 79.9. The van der Waals surface area contributed by atoms with E-state index < -0.39 is 0 Å². The van der Waals surface area contributed by atoms with Gasteiger partial charge in [-0.05, 0) is 30.9 Å². The molecule has 0 aromatic rings. The topological polar surface area (TPSA) is 44.7 Å². The highest BCUT2D eigenvalue weighted by Crippen LogP contribution is 2.23. The lowest BCUT2D eigenvalue weighted by Crippen LogP contribution is -2.38. The summed E-state index contributed by atoms with van der Waals surface area (Å²) in [5.41, 5.74) is 1.75. The summed E-state index contributed by atoms with van der Waals surface area (Å²) in [7, 11) is 3.75. The Balaban J connectivity index is 0.00000127. The molecule has 0 saturated heterocycles. The predicted molar refractivity (Wildman–Crippen MR) is 102 cm³/mol. The average Bonchev–Trinajstić information content (AvgIpc) is 3.37. The fourth-order valence-electron chi connectivity index (χ4n) is 2.10. The first kappa shape index (κ1) is 19.7. The molecule has 2 aliphatic rings. The van der Waals surface area contributed by atoms with Crippen molar-refractivity contribution < 1.29 is 4.79 Å². The molecule has 2 aliphatic carbocycles. The van der Waals surface area contributed by atoms with Crippen molar-refractivity contribution in [1.29, 1.82) is 0 Å². The van der Waals surface area contributed by atoms with Gasteiger partial charge in [-0.3, -0.25) is 9.79 Å². The number of likely N-dealkylation sites (N-methyl/N-ethyl adjacent to an activating group) is 1. The number of carbonyl (C=O) groups is 1. The minimum Gasteiger partial charge on any atom is -0.373 e. The second kappa shape index (κ2) is 10.4. The smallest absolute Gasteiger partial charge is 0.267 e. The van der Waals surface area contributed by atoms with Crippen LogP contribution in [0.2, 0.25) is 0 Å². The SMILES string of the molecule is CC.CN(C)/C(=C\CBr)C(=O)NC1C=C(C=NC2CC2)C=CC1. The van der Waals surface area contributed by atoms with E-state index in [1.54, 1.807) is 0 Å². The second-order valence-electron chi connectivity index (χ2n) is 5.53. The van der Waals surface area contributed by atoms with Crippen LogP contribution in [0.4, 0.5) is 0 Å². The monoisotopic (exact) mass is 381 g/mol. The third kappa shape index (κ3) is 7.16. The number of rotatable bonds is 6. The number of nitrogens with one attached hydrogen (secondary N) is 1. The molecule has 23 heavy (non-hydrogen) atoms. The van der Waals surface area contributed by atoms with Crippen LogP contribution >= 0.6 is 15.9 Å². The first-order chi connectivity index (χ1) is 11.1. The second-order valence-corrected chi connectivity index (χ2v) is 6.18. The lowest BCUT2D eigenvalue weighted by atomic mass is 10.0. The number of nitrogens with zero attached hydrogens (tertiary/aromatic N) is 2. The Morgan fingerprint density at radius 3 is 2.70 bits per heavy atom. The molecule has 1 saturated carbocycles. The summed E-state index contributed by atoms with van der Waals surface area (Å²) >= 11 is 3.34. The van der Waals surface area contributed by atoms with Crippen molar-refractivity contribution in [2.45, 2.75) is 45.2 Å². The van der Waals surface area contributed by atoms with Gasteiger partial charge in [0.1, 0.15) is 0 Å². The van der Waals surface area contributed by atoms with Gasteiger partial charge < -0.3 is 10.2 Å². The summed E-state index contributed by atoms with van der Waals surface area (Å²) in [5, 5.41) is 3.72. The molecule has 0 aromatic carbocycles. The van der Waals surface area contributed by atoms with Gasteiger partial charge in [0.25, 0.3) is 5.91 Å². The fourth-order valence-corrected chi connectivity index (χ4v) is 2.41. The summed E-state index contributed by atoms with van der Waals surface area (Å²) < 4.78 is 0. The summed E-state index contributed by atoms with van der Waals surface area (Å²) in [6.45, 7) is 4.00. The van der Waals surface area contributed by atoms with Gasteiger partial charge in [0.2, 0.25) is 0 Å². The van der Waals surface area contributed by atoms with Crippen LogP contribution in [0.25, 0.3) is 0 Å². The predicted octanol–water partition coefficient (Wildman–Crippen LogP) is 3.46. The molecule has 4 nitrogen and oxygen atoms in total. The van der Waals surface area contributed by atoms with Gasteiger partial charge >= 0.3 is 0 Å². The molecule has 2 rings (SSSR count). The molecule has 1 amide bonds. The number of hydrogen-bond acceptors (Lipinski definition) is 3. The highest BCUT2D eigenvalue weighted by Gasteiger charge is 2.19. The normalized spacial score (nSPS) is 20.7. The lowest BCUT2D eigenvalue weighted by Gasteiger charge is -2.21. The van der Waals surface area contributed by atoms with Crippen LogP contribution in [0.3, 0.4) is 0 Å². The molecule has 1 N–H and O–H groups in total. The molecule has 128 valence electrons. The summed E-state index contributed by atoms with van der Waals surface area (Å²) in [5.74, 6) is -0.0468. The van der Waals surface area contributed by atoms with Crippen LogP contribution in [0.1, 0.15) is 33.1 Å². The van der Waals surface area contributed by atoms with Crippen LogP contribution in [0.15, 0.2) is 40.6 Å². The van der Waals surface area contributed by atoms with Gasteiger partial charge in [-0.25, -0.2) is 0 Å². The molecule has 1 unspecified atom stereocenters. The van der Waals surface area contributed by atoms with Gasteiger partial charge in [0, 0.05) is 25.6 Å².